The van der Waals surface area contributed by atoms with Crippen LogP contribution in [0, 0.1) is 23.2 Å². The van der Waals surface area contributed by atoms with Gasteiger partial charge in [-0.3, -0.25) is 0 Å². The van der Waals surface area contributed by atoms with E-state index in [1.165, 1.54) is 43.8 Å². The minimum absolute atomic E-state index is 0.347. The molecule has 182 valence electrons. The summed E-state index contributed by atoms with van der Waals surface area (Å²) in [6.45, 7) is 8.07. The zero-order chi connectivity index (χ0) is 23.5. The normalized spacial score (nSPS) is 35.7. The average molecular weight is 449 g/mol. The molecule has 0 unspecified atom stereocenters. The van der Waals surface area contributed by atoms with Gasteiger partial charge in [-0.15, -0.1) is 0 Å². The Balaban J connectivity index is 1.67. The second kappa shape index (κ2) is 10.5. The van der Waals surface area contributed by atoms with Gasteiger partial charge in [-0.05, 0) is 100 Å². The highest BCUT2D eigenvalue weighted by Crippen LogP contribution is 2.60. The van der Waals surface area contributed by atoms with Crippen LogP contribution < -0.4 is 0 Å². The number of alkyl halides is 1. The van der Waals surface area contributed by atoms with Crippen LogP contribution in [0.5, 0.6) is 0 Å². The average Bonchev–Trinajstić information content (AvgIpc) is 3.05. The quantitative estimate of drug-likeness (QED) is 0.416. The molecule has 3 aliphatic carbocycles. The summed E-state index contributed by atoms with van der Waals surface area (Å²) in [5, 5.41) is 30.7. The Bertz CT molecular complexity index is 715. The summed E-state index contributed by atoms with van der Waals surface area (Å²) in [4.78, 5) is 0. The van der Waals surface area contributed by atoms with Crippen LogP contribution in [0.3, 0.4) is 0 Å². The van der Waals surface area contributed by atoms with Gasteiger partial charge < -0.3 is 15.3 Å². The van der Waals surface area contributed by atoms with Crippen LogP contribution in [0.25, 0.3) is 0 Å². The Morgan fingerprint density at radius 1 is 1.16 bits per heavy atom. The smallest absolute Gasteiger partial charge is 0.108 e. The van der Waals surface area contributed by atoms with Crippen molar-refractivity contribution < 1.29 is 19.7 Å². The number of aliphatic hydroxyl groups is 3. The molecule has 3 nitrogen and oxygen atoms in total. The van der Waals surface area contributed by atoms with E-state index in [4.69, 9.17) is 0 Å². The van der Waals surface area contributed by atoms with E-state index in [-0.39, 0.29) is 0 Å². The van der Waals surface area contributed by atoms with E-state index in [2.05, 4.69) is 26.0 Å². The molecule has 3 fully saturated rings. The number of aliphatic hydroxyl groups excluding tert-OH is 2. The molecule has 3 aliphatic rings. The third kappa shape index (κ3) is 5.93. The maximum absolute atomic E-state index is 12.6. The standard InChI is InChI=1S/C28H45FO3/c1-19(7-5-14-27(2,3)32)23-11-12-24-21(8-6-15-28(23,24)4)10-9-20-17-25(30)22(13-16-29)26(31)18-20/h9-10,13,19,23-26,30-32H,5-8,11-12,14-18H2,1-4H3/b20-9?,21-10+,22-13?/t19-,23-,24+,25-,26-,28-/m1/s1. The Kier molecular flexibility index (Phi) is 8.44. The molecule has 4 heteroatoms. The van der Waals surface area contributed by atoms with Crippen LogP contribution in [0.1, 0.15) is 91.9 Å². The van der Waals surface area contributed by atoms with Crippen molar-refractivity contribution in [3.8, 4) is 0 Å². The zero-order valence-electron chi connectivity index (χ0n) is 20.6. The Morgan fingerprint density at radius 3 is 2.47 bits per heavy atom. The molecule has 0 spiro atoms. The first-order chi connectivity index (χ1) is 15.0. The largest absolute Gasteiger partial charge is 0.390 e. The molecule has 3 saturated carbocycles. The van der Waals surface area contributed by atoms with Crippen molar-refractivity contribution in [2.24, 2.45) is 23.2 Å². The third-order valence-corrected chi connectivity index (χ3v) is 8.70. The second-order valence-electron chi connectivity index (χ2n) is 11.6. The number of halogens is 1. The molecule has 0 aromatic rings. The molecule has 0 amide bonds. The summed E-state index contributed by atoms with van der Waals surface area (Å²) < 4.78 is 12.6. The van der Waals surface area contributed by atoms with E-state index < -0.39 is 24.5 Å². The van der Waals surface area contributed by atoms with Crippen LogP contribution in [0.4, 0.5) is 4.39 Å². The molecule has 0 bridgehead atoms. The predicted molar refractivity (Wildman–Crippen MR) is 129 cm³/mol. The maximum atomic E-state index is 12.6. The van der Waals surface area contributed by atoms with Gasteiger partial charge >= 0.3 is 0 Å². The van der Waals surface area contributed by atoms with Crippen LogP contribution in [-0.4, -0.2) is 39.8 Å². The minimum atomic E-state index is -0.781. The molecule has 3 rings (SSSR count). The fraction of sp³-hybridized carbons (Fsp3) is 0.786. The van der Waals surface area contributed by atoms with E-state index in [1.807, 2.05) is 13.8 Å². The maximum Gasteiger partial charge on any atom is 0.108 e. The van der Waals surface area contributed by atoms with Gasteiger partial charge in [0.2, 0.25) is 0 Å². The number of hydrogen-bond donors (Lipinski definition) is 3. The van der Waals surface area contributed by atoms with Gasteiger partial charge in [0, 0.05) is 0 Å². The number of allylic oxidation sites excluding steroid dienone is 4. The van der Waals surface area contributed by atoms with Gasteiger partial charge in [-0.1, -0.05) is 50.0 Å². The zero-order valence-corrected chi connectivity index (χ0v) is 20.6. The molecular formula is C28H45FO3. The number of rotatable bonds is 7. The highest BCUT2D eigenvalue weighted by Gasteiger charge is 2.50. The third-order valence-electron chi connectivity index (χ3n) is 8.70. The second-order valence-corrected chi connectivity index (χ2v) is 11.6. The molecule has 32 heavy (non-hydrogen) atoms. The highest BCUT2D eigenvalue weighted by atomic mass is 19.1. The molecule has 0 radical (unpaired) electrons. The van der Waals surface area contributed by atoms with E-state index in [0.717, 1.165) is 30.8 Å². The molecule has 0 saturated heterocycles. The van der Waals surface area contributed by atoms with E-state index in [1.54, 1.807) is 0 Å². The van der Waals surface area contributed by atoms with Gasteiger partial charge in [-0.25, -0.2) is 4.39 Å². The molecule has 6 atom stereocenters. The van der Waals surface area contributed by atoms with Crippen LogP contribution in [-0.2, 0) is 0 Å². The summed E-state index contributed by atoms with van der Waals surface area (Å²) in [7, 11) is 0. The van der Waals surface area contributed by atoms with Crippen LogP contribution >= 0.6 is 0 Å². The lowest BCUT2D eigenvalue weighted by atomic mass is 9.60. The summed E-state index contributed by atoms with van der Waals surface area (Å²) in [6, 6.07) is 0. The van der Waals surface area contributed by atoms with Gasteiger partial charge in [0.15, 0.2) is 0 Å². The molecule has 0 aromatic heterocycles. The lowest BCUT2D eigenvalue weighted by molar-refractivity contribution is 0.0596. The van der Waals surface area contributed by atoms with Crippen molar-refractivity contribution in [3.05, 3.63) is 34.9 Å². The Morgan fingerprint density at radius 2 is 1.84 bits per heavy atom. The topological polar surface area (TPSA) is 60.7 Å². The molecular weight excluding hydrogens is 403 g/mol. The van der Waals surface area contributed by atoms with Crippen LogP contribution in [0.2, 0.25) is 0 Å². The summed E-state index contributed by atoms with van der Waals surface area (Å²) in [5.41, 5.74) is 2.79. The molecule has 0 aromatic carbocycles. The summed E-state index contributed by atoms with van der Waals surface area (Å²) in [6.07, 6.45) is 14.5. The first kappa shape index (κ1) is 25.6. The van der Waals surface area contributed by atoms with E-state index >= 15 is 0 Å². The fourth-order valence-corrected chi connectivity index (χ4v) is 7.03. The van der Waals surface area contributed by atoms with Gasteiger partial charge in [0.05, 0.1) is 17.8 Å². The van der Waals surface area contributed by atoms with Gasteiger partial charge in [0.25, 0.3) is 0 Å². The van der Waals surface area contributed by atoms with E-state index in [0.29, 0.717) is 35.7 Å². The van der Waals surface area contributed by atoms with Crippen LogP contribution in [0.15, 0.2) is 34.9 Å². The number of hydrogen-bond acceptors (Lipinski definition) is 3. The first-order valence-electron chi connectivity index (χ1n) is 12.8. The van der Waals surface area contributed by atoms with Gasteiger partial charge in [0.1, 0.15) is 6.67 Å². The van der Waals surface area contributed by atoms with Crippen molar-refractivity contribution in [1.82, 2.24) is 0 Å². The lowest BCUT2D eigenvalue weighted by Gasteiger charge is -2.44. The van der Waals surface area contributed by atoms with Crippen molar-refractivity contribution in [2.75, 3.05) is 6.67 Å². The SMILES string of the molecule is C[C@H](CCCC(C)(C)O)[C@H]1CC[C@H]2/C(=C/C=C3C[C@@H](O)C(=CCF)[C@H](O)C3)CCC[C@]12C. The van der Waals surface area contributed by atoms with Crippen molar-refractivity contribution >= 4 is 0 Å². The minimum Gasteiger partial charge on any atom is -0.390 e. The lowest BCUT2D eigenvalue weighted by Crippen LogP contribution is -2.36. The Hall–Kier alpha value is -0.970. The summed E-state index contributed by atoms with van der Waals surface area (Å²) >= 11 is 0. The molecule has 0 heterocycles. The predicted octanol–water partition coefficient (Wildman–Crippen LogP) is 6.04. The van der Waals surface area contributed by atoms with Crippen molar-refractivity contribution in [3.63, 3.8) is 0 Å². The Labute approximate surface area is 194 Å². The number of fused-ring (bicyclic) bond motifs is 1. The van der Waals surface area contributed by atoms with E-state index in [9.17, 15) is 19.7 Å². The monoisotopic (exact) mass is 448 g/mol. The molecule has 0 aliphatic heterocycles. The fourth-order valence-electron chi connectivity index (χ4n) is 7.03. The summed E-state index contributed by atoms with van der Waals surface area (Å²) in [5.74, 6) is 2.03. The van der Waals surface area contributed by atoms with Gasteiger partial charge in [-0.2, -0.15) is 0 Å². The molecule has 3 N–H and O–H groups in total. The van der Waals surface area contributed by atoms with Crippen molar-refractivity contribution in [2.45, 2.75) is 110 Å². The first-order valence-corrected chi connectivity index (χ1v) is 12.8. The van der Waals surface area contributed by atoms with Crippen molar-refractivity contribution in [1.29, 1.82) is 0 Å². The highest BCUT2D eigenvalue weighted by molar-refractivity contribution is 5.30.